The maximum absolute atomic E-state index is 10.8. The summed E-state index contributed by atoms with van der Waals surface area (Å²) in [6.45, 7) is 2.56. The monoisotopic (exact) mass is 273 g/mol. The molecular formula is C10H12BrNO3. The van der Waals surface area contributed by atoms with Crippen LogP contribution in [0.3, 0.4) is 0 Å². The number of aromatic nitrogens is 1. The van der Waals surface area contributed by atoms with Crippen molar-refractivity contribution < 1.29 is 14.6 Å². The average Bonchev–Trinajstić information content (AvgIpc) is 2.20. The fourth-order valence-electron chi connectivity index (χ4n) is 1.02. The molecule has 1 rings (SSSR count). The van der Waals surface area contributed by atoms with Crippen LogP contribution in [0.5, 0.6) is 5.75 Å². The summed E-state index contributed by atoms with van der Waals surface area (Å²) in [4.78, 5) is 14.7. The second-order valence-corrected chi connectivity index (χ2v) is 3.80. The molecule has 0 saturated heterocycles. The molecule has 0 radical (unpaired) electrons. The van der Waals surface area contributed by atoms with Gasteiger partial charge in [0.15, 0.2) is 11.4 Å². The van der Waals surface area contributed by atoms with Crippen LogP contribution in [0, 0.1) is 0 Å². The Bertz CT molecular complexity index is 355. The molecule has 1 heterocycles. The van der Waals surface area contributed by atoms with Crippen molar-refractivity contribution in [1.29, 1.82) is 0 Å². The predicted molar refractivity (Wildman–Crippen MR) is 59.3 cm³/mol. The van der Waals surface area contributed by atoms with Gasteiger partial charge in [0.2, 0.25) is 0 Å². The molecule has 0 aromatic carbocycles. The van der Waals surface area contributed by atoms with E-state index in [2.05, 4.69) is 20.9 Å². The van der Waals surface area contributed by atoms with Crippen LogP contribution in [0.2, 0.25) is 0 Å². The SMILES string of the molecule is CCCCOc1ccc(Br)nc1C(=O)O. The van der Waals surface area contributed by atoms with Crippen LogP contribution >= 0.6 is 15.9 Å². The quantitative estimate of drug-likeness (QED) is 0.662. The van der Waals surface area contributed by atoms with Gasteiger partial charge in [0.25, 0.3) is 0 Å². The number of carbonyl (C=O) groups is 1. The fraction of sp³-hybridized carbons (Fsp3) is 0.400. The van der Waals surface area contributed by atoms with Gasteiger partial charge in [0.1, 0.15) is 4.60 Å². The lowest BCUT2D eigenvalue weighted by Gasteiger charge is -2.07. The Labute approximate surface area is 96.4 Å². The van der Waals surface area contributed by atoms with E-state index in [-0.39, 0.29) is 5.69 Å². The summed E-state index contributed by atoms with van der Waals surface area (Å²) in [7, 11) is 0. The highest BCUT2D eigenvalue weighted by atomic mass is 79.9. The minimum absolute atomic E-state index is 0.0551. The van der Waals surface area contributed by atoms with Crippen molar-refractivity contribution in [3.8, 4) is 5.75 Å². The zero-order valence-electron chi connectivity index (χ0n) is 8.36. The van der Waals surface area contributed by atoms with E-state index in [0.717, 1.165) is 12.8 Å². The third-order valence-electron chi connectivity index (χ3n) is 1.78. The minimum atomic E-state index is -1.08. The Kier molecular flexibility index (Phi) is 4.55. The molecule has 4 nitrogen and oxygen atoms in total. The fourth-order valence-corrected chi connectivity index (χ4v) is 1.33. The highest BCUT2D eigenvalue weighted by molar-refractivity contribution is 9.10. The van der Waals surface area contributed by atoms with E-state index in [1.54, 1.807) is 12.1 Å². The molecule has 5 heteroatoms. The Hall–Kier alpha value is -1.10. The Morgan fingerprint density at radius 2 is 2.33 bits per heavy atom. The summed E-state index contributed by atoms with van der Waals surface area (Å²) < 4.78 is 5.82. The second-order valence-electron chi connectivity index (χ2n) is 2.99. The van der Waals surface area contributed by atoms with Crippen molar-refractivity contribution in [2.45, 2.75) is 19.8 Å². The highest BCUT2D eigenvalue weighted by Gasteiger charge is 2.13. The zero-order valence-corrected chi connectivity index (χ0v) is 9.95. The first-order valence-corrected chi connectivity index (χ1v) is 5.47. The average molecular weight is 274 g/mol. The molecule has 1 aromatic heterocycles. The van der Waals surface area contributed by atoms with E-state index >= 15 is 0 Å². The van der Waals surface area contributed by atoms with Gasteiger partial charge in [0, 0.05) is 0 Å². The van der Waals surface area contributed by atoms with E-state index < -0.39 is 5.97 Å². The molecule has 0 aliphatic heterocycles. The van der Waals surface area contributed by atoms with Gasteiger partial charge in [0.05, 0.1) is 6.61 Å². The lowest BCUT2D eigenvalue weighted by atomic mass is 10.3. The van der Waals surface area contributed by atoms with Crippen molar-refractivity contribution in [3.63, 3.8) is 0 Å². The van der Waals surface area contributed by atoms with Crippen molar-refractivity contribution in [1.82, 2.24) is 4.98 Å². The number of carboxylic acids is 1. The molecule has 82 valence electrons. The number of hydrogen-bond donors (Lipinski definition) is 1. The summed E-state index contributed by atoms with van der Waals surface area (Å²) in [5.41, 5.74) is -0.0551. The normalized spacial score (nSPS) is 10.0. The maximum Gasteiger partial charge on any atom is 0.358 e. The molecular weight excluding hydrogens is 262 g/mol. The van der Waals surface area contributed by atoms with Crippen molar-refractivity contribution in [2.24, 2.45) is 0 Å². The minimum Gasteiger partial charge on any atom is -0.491 e. The van der Waals surface area contributed by atoms with Gasteiger partial charge in [-0.3, -0.25) is 0 Å². The first-order valence-electron chi connectivity index (χ1n) is 4.67. The van der Waals surface area contributed by atoms with Crippen LogP contribution in [-0.2, 0) is 0 Å². The standard InChI is InChI=1S/C10H12BrNO3/c1-2-3-6-15-7-4-5-8(11)12-9(7)10(13)14/h4-5H,2-3,6H2,1H3,(H,13,14). The molecule has 0 amide bonds. The number of ether oxygens (including phenoxy) is 1. The van der Waals surface area contributed by atoms with Gasteiger partial charge in [-0.05, 0) is 34.5 Å². The van der Waals surface area contributed by atoms with Gasteiger partial charge in [-0.1, -0.05) is 13.3 Å². The van der Waals surface area contributed by atoms with Crippen LogP contribution in [0.1, 0.15) is 30.3 Å². The molecule has 1 N–H and O–H groups in total. The van der Waals surface area contributed by atoms with Crippen molar-refractivity contribution >= 4 is 21.9 Å². The number of carboxylic acid groups (broad SMARTS) is 1. The molecule has 0 saturated carbocycles. The second kappa shape index (κ2) is 5.70. The number of halogens is 1. The van der Waals surface area contributed by atoms with Crippen molar-refractivity contribution in [3.05, 3.63) is 22.4 Å². The van der Waals surface area contributed by atoms with E-state index in [0.29, 0.717) is 17.0 Å². The van der Waals surface area contributed by atoms with Crippen LogP contribution in [0.4, 0.5) is 0 Å². The Balaban J connectivity index is 2.81. The van der Waals surface area contributed by atoms with E-state index in [1.165, 1.54) is 0 Å². The smallest absolute Gasteiger partial charge is 0.358 e. The highest BCUT2D eigenvalue weighted by Crippen LogP contribution is 2.19. The van der Waals surface area contributed by atoms with Crippen molar-refractivity contribution in [2.75, 3.05) is 6.61 Å². The largest absolute Gasteiger partial charge is 0.491 e. The number of nitrogens with zero attached hydrogens (tertiary/aromatic N) is 1. The lowest BCUT2D eigenvalue weighted by Crippen LogP contribution is -2.06. The topological polar surface area (TPSA) is 59.4 Å². The molecule has 0 fully saturated rings. The van der Waals surface area contributed by atoms with Gasteiger partial charge in [-0.15, -0.1) is 0 Å². The van der Waals surface area contributed by atoms with Gasteiger partial charge in [-0.2, -0.15) is 0 Å². The van der Waals surface area contributed by atoms with Crippen LogP contribution < -0.4 is 4.74 Å². The van der Waals surface area contributed by atoms with Gasteiger partial charge >= 0.3 is 5.97 Å². The summed E-state index contributed by atoms with van der Waals surface area (Å²) in [6, 6.07) is 3.27. The number of unbranched alkanes of at least 4 members (excludes halogenated alkanes) is 1. The molecule has 0 spiro atoms. The Morgan fingerprint density at radius 1 is 1.60 bits per heavy atom. The van der Waals surface area contributed by atoms with E-state index in [1.807, 2.05) is 6.92 Å². The molecule has 0 bridgehead atoms. The third-order valence-corrected chi connectivity index (χ3v) is 2.22. The summed E-state index contributed by atoms with van der Waals surface area (Å²) >= 11 is 3.12. The third kappa shape index (κ3) is 3.51. The maximum atomic E-state index is 10.8. The molecule has 0 atom stereocenters. The number of aromatic carboxylic acids is 1. The first-order chi connectivity index (χ1) is 7.15. The van der Waals surface area contributed by atoms with E-state index in [9.17, 15) is 4.79 Å². The predicted octanol–water partition coefficient (Wildman–Crippen LogP) is 2.72. The first kappa shape index (κ1) is 12.0. The molecule has 15 heavy (non-hydrogen) atoms. The van der Waals surface area contributed by atoms with E-state index in [4.69, 9.17) is 9.84 Å². The van der Waals surface area contributed by atoms with Gasteiger partial charge < -0.3 is 9.84 Å². The molecule has 0 unspecified atom stereocenters. The van der Waals surface area contributed by atoms with Crippen LogP contribution in [-0.4, -0.2) is 22.7 Å². The summed E-state index contributed by atoms with van der Waals surface area (Å²) in [6.07, 6.45) is 1.90. The summed E-state index contributed by atoms with van der Waals surface area (Å²) in [5.74, 6) is -0.762. The molecule has 0 aliphatic carbocycles. The summed E-state index contributed by atoms with van der Waals surface area (Å²) in [5, 5.41) is 8.88. The number of hydrogen-bond acceptors (Lipinski definition) is 3. The number of pyridine rings is 1. The lowest BCUT2D eigenvalue weighted by molar-refractivity contribution is 0.0685. The van der Waals surface area contributed by atoms with Crippen LogP contribution in [0.15, 0.2) is 16.7 Å². The molecule has 1 aromatic rings. The van der Waals surface area contributed by atoms with Crippen LogP contribution in [0.25, 0.3) is 0 Å². The number of rotatable bonds is 5. The molecule has 0 aliphatic rings. The van der Waals surface area contributed by atoms with Gasteiger partial charge in [-0.25, -0.2) is 9.78 Å². The Morgan fingerprint density at radius 3 is 2.93 bits per heavy atom. The zero-order chi connectivity index (χ0) is 11.3.